The Balaban J connectivity index is 1.74. The van der Waals surface area contributed by atoms with Crippen LogP contribution in [0.15, 0.2) is 41.0 Å². The lowest BCUT2D eigenvalue weighted by Crippen LogP contribution is -2.15. The summed E-state index contributed by atoms with van der Waals surface area (Å²) in [5.74, 6) is 1.92. The van der Waals surface area contributed by atoms with Crippen molar-refractivity contribution in [3.63, 3.8) is 0 Å². The van der Waals surface area contributed by atoms with Gasteiger partial charge in [0, 0.05) is 11.6 Å². The van der Waals surface area contributed by atoms with E-state index in [1.807, 2.05) is 25.1 Å². The summed E-state index contributed by atoms with van der Waals surface area (Å²) in [6.45, 7) is 3.49. The van der Waals surface area contributed by atoms with Crippen LogP contribution < -0.4 is 10.1 Å². The van der Waals surface area contributed by atoms with Crippen molar-refractivity contribution in [2.24, 2.45) is 0 Å². The van der Waals surface area contributed by atoms with Crippen molar-refractivity contribution in [2.45, 2.75) is 32.4 Å². The van der Waals surface area contributed by atoms with Crippen molar-refractivity contribution >= 4 is 0 Å². The number of ether oxygens (including phenoxy) is 1. The standard InChI is InChI=1S/C16H19NO2/c1-2-18-14-7-3-12(4-8-14)15-9-10-19-16(15)11-17-13-5-6-13/h3-4,7-10,13,17H,2,5-6,11H2,1H3. The van der Waals surface area contributed by atoms with E-state index in [9.17, 15) is 0 Å². The number of benzene rings is 1. The Morgan fingerprint density at radius 1 is 1.21 bits per heavy atom. The largest absolute Gasteiger partial charge is 0.494 e. The quantitative estimate of drug-likeness (QED) is 0.858. The third kappa shape index (κ3) is 2.99. The molecule has 0 unspecified atom stereocenters. The summed E-state index contributed by atoms with van der Waals surface area (Å²) in [5, 5.41) is 3.48. The maximum Gasteiger partial charge on any atom is 0.125 e. The molecule has 1 heterocycles. The molecule has 1 saturated carbocycles. The van der Waals surface area contributed by atoms with Crippen molar-refractivity contribution in [3.05, 3.63) is 42.4 Å². The predicted molar refractivity (Wildman–Crippen MR) is 75.2 cm³/mol. The van der Waals surface area contributed by atoms with Crippen molar-refractivity contribution in [1.82, 2.24) is 5.32 Å². The summed E-state index contributed by atoms with van der Waals surface area (Å²) < 4.78 is 11.0. The fourth-order valence-electron chi connectivity index (χ4n) is 2.16. The van der Waals surface area contributed by atoms with Gasteiger partial charge in [-0.3, -0.25) is 0 Å². The second-order valence-electron chi connectivity index (χ2n) is 4.87. The van der Waals surface area contributed by atoms with Gasteiger partial charge in [0.15, 0.2) is 0 Å². The van der Waals surface area contributed by atoms with Crippen LogP contribution in [0.25, 0.3) is 11.1 Å². The summed E-state index contributed by atoms with van der Waals surface area (Å²) in [4.78, 5) is 0. The van der Waals surface area contributed by atoms with Gasteiger partial charge in [-0.25, -0.2) is 0 Å². The Hall–Kier alpha value is -1.74. The first kappa shape index (κ1) is 12.3. The van der Waals surface area contributed by atoms with E-state index in [4.69, 9.17) is 9.15 Å². The number of hydrogen-bond acceptors (Lipinski definition) is 3. The van der Waals surface area contributed by atoms with Crippen LogP contribution in [0.4, 0.5) is 0 Å². The molecule has 3 heteroatoms. The van der Waals surface area contributed by atoms with E-state index in [0.717, 1.165) is 23.6 Å². The van der Waals surface area contributed by atoms with E-state index in [-0.39, 0.29) is 0 Å². The molecule has 1 aliphatic rings. The normalized spacial score (nSPS) is 14.6. The monoisotopic (exact) mass is 257 g/mol. The van der Waals surface area contributed by atoms with E-state index >= 15 is 0 Å². The minimum Gasteiger partial charge on any atom is -0.494 e. The van der Waals surface area contributed by atoms with Gasteiger partial charge >= 0.3 is 0 Å². The van der Waals surface area contributed by atoms with Gasteiger partial charge in [-0.2, -0.15) is 0 Å². The molecule has 1 aromatic heterocycles. The Morgan fingerprint density at radius 3 is 2.68 bits per heavy atom. The molecule has 1 aliphatic carbocycles. The molecule has 100 valence electrons. The van der Waals surface area contributed by atoms with Gasteiger partial charge in [0.1, 0.15) is 11.5 Å². The predicted octanol–water partition coefficient (Wildman–Crippen LogP) is 3.60. The highest BCUT2D eigenvalue weighted by Crippen LogP contribution is 2.28. The van der Waals surface area contributed by atoms with Gasteiger partial charge in [-0.05, 0) is 43.5 Å². The van der Waals surface area contributed by atoms with Crippen molar-refractivity contribution in [1.29, 1.82) is 0 Å². The molecule has 0 radical (unpaired) electrons. The minimum absolute atomic E-state index is 0.693. The summed E-state index contributed by atoms with van der Waals surface area (Å²) in [5.41, 5.74) is 2.33. The third-order valence-corrected chi connectivity index (χ3v) is 3.35. The van der Waals surface area contributed by atoms with Crippen LogP contribution in [0.3, 0.4) is 0 Å². The van der Waals surface area contributed by atoms with E-state index in [0.29, 0.717) is 12.6 Å². The van der Waals surface area contributed by atoms with Gasteiger partial charge in [-0.15, -0.1) is 0 Å². The summed E-state index contributed by atoms with van der Waals surface area (Å²) in [7, 11) is 0. The second-order valence-corrected chi connectivity index (χ2v) is 4.87. The van der Waals surface area contributed by atoms with Crippen LogP contribution in [0.2, 0.25) is 0 Å². The van der Waals surface area contributed by atoms with Crippen LogP contribution in [-0.2, 0) is 6.54 Å². The van der Waals surface area contributed by atoms with Crippen LogP contribution in [-0.4, -0.2) is 12.6 Å². The summed E-state index contributed by atoms with van der Waals surface area (Å²) >= 11 is 0. The van der Waals surface area contributed by atoms with Crippen molar-refractivity contribution < 1.29 is 9.15 Å². The first-order chi connectivity index (χ1) is 9.36. The zero-order valence-electron chi connectivity index (χ0n) is 11.2. The minimum atomic E-state index is 0.693. The summed E-state index contributed by atoms with van der Waals surface area (Å²) in [6.07, 6.45) is 4.34. The molecule has 0 bridgehead atoms. The molecule has 1 N–H and O–H groups in total. The van der Waals surface area contributed by atoms with Crippen LogP contribution in [0.1, 0.15) is 25.5 Å². The van der Waals surface area contributed by atoms with Gasteiger partial charge in [0.05, 0.1) is 19.4 Å². The smallest absolute Gasteiger partial charge is 0.125 e. The van der Waals surface area contributed by atoms with Crippen molar-refractivity contribution in [3.8, 4) is 16.9 Å². The van der Waals surface area contributed by atoms with Crippen LogP contribution in [0.5, 0.6) is 5.75 Å². The lowest BCUT2D eigenvalue weighted by atomic mass is 10.1. The van der Waals surface area contributed by atoms with Gasteiger partial charge in [0.2, 0.25) is 0 Å². The first-order valence-electron chi connectivity index (χ1n) is 6.90. The number of furan rings is 1. The molecular formula is C16H19NO2. The highest BCUT2D eigenvalue weighted by atomic mass is 16.5. The molecule has 19 heavy (non-hydrogen) atoms. The highest BCUT2D eigenvalue weighted by molar-refractivity contribution is 5.66. The van der Waals surface area contributed by atoms with Crippen LogP contribution in [0, 0.1) is 0 Å². The Labute approximate surface area is 113 Å². The average molecular weight is 257 g/mol. The van der Waals surface area contributed by atoms with E-state index < -0.39 is 0 Å². The molecule has 3 rings (SSSR count). The second kappa shape index (κ2) is 5.49. The third-order valence-electron chi connectivity index (χ3n) is 3.35. The zero-order valence-corrected chi connectivity index (χ0v) is 11.2. The molecule has 0 atom stereocenters. The topological polar surface area (TPSA) is 34.4 Å². The Bertz CT molecular complexity index is 526. The fraction of sp³-hybridized carbons (Fsp3) is 0.375. The van der Waals surface area contributed by atoms with Gasteiger partial charge in [-0.1, -0.05) is 12.1 Å². The first-order valence-corrected chi connectivity index (χ1v) is 6.90. The summed E-state index contributed by atoms with van der Waals surface area (Å²) in [6, 6.07) is 10.9. The number of rotatable bonds is 6. The molecular weight excluding hydrogens is 238 g/mol. The molecule has 2 aromatic rings. The number of hydrogen-bond donors (Lipinski definition) is 1. The van der Waals surface area contributed by atoms with E-state index in [1.54, 1.807) is 6.26 Å². The average Bonchev–Trinajstić information content (AvgIpc) is 3.15. The number of nitrogens with one attached hydrogen (secondary N) is 1. The molecule has 0 aliphatic heterocycles. The molecule has 1 aromatic carbocycles. The molecule has 0 spiro atoms. The molecule has 3 nitrogen and oxygen atoms in total. The van der Waals surface area contributed by atoms with Gasteiger partial charge < -0.3 is 14.5 Å². The lowest BCUT2D eigenvalue weighted by molar-refractivity contribution is 0.340. The maximum atomic E-state index is 5.58. The maximum absolute atomic E-state index is 5.58. The van der Waals surface area contributed by atoms with Crippen molar-refractivity contribution in [2.75, 3.05) is 6.61 Å². The van der Waals surface area contributed by atoms with Crippen LogP contribution >= 0.6 is 0 Å². The fourth-order valence-corrected chi connectivity index (χ4v) is 2.16. The van der Waals surface area contributed by atoms with E-state index in [2.05, 4.69) is 17.4 Å². The Morgan fingerprint density at radius 2 is 2.00 bits per heavy atom. The molecule has 0 amide bonds. The SMILES string of the molecule is CCOc1ccc(-c2ccoc2CNC2CC2)cc1. The molecule has 0 saturated heterocycles. The highest BCUT2D eigenvalue weighted by Gasteiger charge is 2.21. The Kier molecular flexibility index (Phi) is 3.56. The molecule has 1 fully saturated rings. The zero-order chi connectivity index (χ0) is 13.1. The van der Waals surface area contributed by atoms with Gasteiger partial charge in [0.25, 0.3) is 0 Å². The van der Waals surface area contributed by atoms with E-state index in [1.165, 1.54) is 18.4 Å². The lowest BCUT2D eigenvalue weighted by Gasteiger charge is -2.06.